The lowest BCUT2D eigenvalue weighted by molar-refractivity contribution is 0.227. The first-order valence-corrected chi connectivity index (χ1v) is 7.14. The van der Waals surface area contributed by atoms with Gasteiger partial charge in [-0.15, -0.1) is 0 Å². The molecule has 2 rings (SSSR count). The van der Waals surface area contributed by atoms with Crippen molar-refractivity contribution in [3.63, 3.8) is 0 Å². The maximum Gasteiger partial charge on any atom is 0.0166 e. The zero-order valence-corrected chi connectivity index (χ0v) is 9.82. The fourth-order valence-corrected chi connectivity index (χ4v) is 3.49. The van der Waals surface area contributed by atoms with E-state index in [9.17, 15) is 0 Å². The minimum Gasteiger partial charge on any atom is -0.312 e. The van der Waals surface area contributed by atoms with Crippen molar-refractivity contribution in [2.75, 3.05) is 37.7 Å². The highest BCUT2D eigenvalue weighted by Crippen LogP contribution is 2.16. The van der Waals surface area contributed by atoms with Crippen molar-refractivity contribution in [2.45, 2.75) is 31.7 Å². The lowest BCUT2D eigenvalue weighted by atomic mass is 10.1. The van der Waals surface area contributed by atoms with Crippen molar-refractivity contribution in [1.82, 2.24) is 10.2 Å². The van der Waals surface area contributed by atoms with Crippen molar-refractivity contribution < 1.29 is 0 Å². The average molecular weight is 214 g/mol. The molecule has 2 fully saturated rings. The molecule has 1 atom stereocenters. The van der Waals surface area contributed by atoms with E-state index in [-0.39, 0.29) is 0 Å². The van der Waals surface area contributed by atoms with Crippen LogP contribution < -0.4 is 5.32 Å². The summed E-state index contributed by atoms with van der Waals surface area (Å²) in [5.74, 6) is 2.70. The minimum atomic E-state index is 0.810. The van der Waals surface area contributed by atoms with Crippen LogP contribution in [0.4, 0.5) is 0 Å². The molecule has 2 aliphatic rings. The lowest BCUT2D eigenvalue weighted by Gasteiger charge is -2.26. The van der Waals surface area contributed by atoms with E-state index in [1.54, 1.807) is 0 Å². The van der Waals surface area contributed by atoms with Crippen LogP contribution >= 0.6 is 11.8 Å². The van der Waals surface area contributed by atoms with Crippen molar-refractivity contribution in [1.29, 1.82) is 0 Å². The molecule has 2 nitrogen and oxygen atoms in total. The Morgan fingerprint density at radius 1 is 1.21 bits per heavy atom. The van der Waals surface area contributed by atoms with Crippen LogP contribution in [0.15, 0.2) is 0 Å². The van der Waals surface area contributed by atoms with Crippen molar-refractivity contribution in [3.05, 3.63) is 0 Å². The average Bonchev–Trinajstić information content (AvgIpc) is 2.72. The molecule has 0 spiro atoms. The summed E-state index contributed by atoms with van der Waals surface area (Å²) < 4.78 is 0. The fraction of sp³-hybridized carbons (Fsp3) is 1.00. The van der Waals surface area contributed by atoms with Crippen LogP contribution in [-0.2, 0) is 0 Å². The third-order valence-corrected chi connectivity index (χ3v) is 4.40. The number of hydrogen-bond acceptors (Lipinski definition) is 3. The minimum absolute atomic E-state index is 0.810. The molecular formula is C11H22N2S. The molecule has 1 unspecified atom stereocenters. The highest BCUT2D eigenvalue weighted by molar-refractivity contribution is 7.99. The summed E-state index contributed by atoms with van der Waals surface area (Å²) in [6.45, 7) is 5.13. The maximum atomic E-state index is 3.67. The zero-order chi connectivity index (χ0) is 9.64. The van der Waals surface area contributed by atoms with E-state index in [1.165, 1.54) is 63.4 Å². The number of piperidine rings is 1. The molecule has 2 aliphatic heterocycles. The molecule has 2 heterocycles. The molecule has 0 aromatic rings. The molecule has 0 amide bonds. The highest BCUT2D eigenvalue weighted by atomic mass is 32.2. The first-order valence-electron chi connectivity index (χ1n) is 5.98. The van der Waals surface area contributed by atoms with Crippen LogP contribution in [0.1, 0.15) is 25.7 Å². The van der Waals surface area contributed by atoms with Crippen LogP contribution in [0.2, 0.25) is 0 Å². The van der Waals surface area contributed by atoms with Gasteiger partial charge in [-0.1, -0.05) is 6.42 Å². The largest absolute Gasteiger partial charge is 0.312 e. The molecule has 0 aromatic carbocycles. The third-order valence-electron chi connectivity index (χ3n) is 3.24. The Bertz CT molecular complexity index is 151. The van der Waals surface area contributed by atoms with E-state index in [4.69, 9.17) is 0 Å². The first kappa shape index (κ1) is 10.8. The van der Waals surface area contributed by atoms with E-state index < -0.39 is 0 Å². The molecule has 82 valence electrons. The normalized spacial score (nSPS) is 29.6. The van der Waals surface area contributed by atoms with E-state index in [1.807, 2.05) is 0 Å². The Morgan fingerprint density at radius 3 is 2.79 bits per heavy atom. The van der Waals surface area contributed by atoms with Crippen LogP contribution in [0, 0.1) is 0 Å². The van der Waals surface area contributed by atoms with Gasteiger partial charge in [-0.05, 0) is 38.1 Å². The standard InChI is InChI=1S/C11H22N2S/c1-2-6-13(7-3-1)8-5-12-11-4-9-14-10-11/h11-12H,1-10H2. The number of thioether (sulfide) groups is 1. The van der Waals surface area contributed by atoms with Gasteiger partial charge in [-0.3, -0.25) is 0 Å². The summed E-state index contributed by atoms with van der Waals surface area (Å²) >= 11 is 2.09. The highest BCUT2D eigenvalue weighted by Gasteiger charge is 2.15. The van der Waals surface area contributed by atoms with E-state index in [0.29, 0.717) is 0 Å². The van der Waals surface area contributed by atoms with Gasteiger partial charge < -0.3 is 10.2 Å². The third kappa shape index (κ3) is 3.44. The van der Waals surface area contributed by atoms with Gasteiger partial charge in [0.2, 0.25) is 0 Å². The predicted molar refractivity (Wildman–Crippen MR) is 64.0 cm³/mol. The Morgan fingerprint density at radius 2 is 2.07 bits per heavy atom. The number of hydrogen-bond donors (Lipinski definition) is 1. The molecule has 0 radical (unpaired) electrons. The molecule has 0 aromatic heterocycles. The van der Waals surface area contributed by atoms with Gasteiger partial charge >= 0.3 is 0 Å². The summed E-state index contributed by atoms with van der Waals surface area (Å²) in [5.41, 5.74) is 0. The van der Waals surface area contributed by atoms with Crippen LogP contribution in [-0.4, -0.2) is 48.6 Å². The van der Waals surface area contributed by atoms with Gasteiger partial charge in [0, 0.05) is 24.9 Å². The summed E-state index contributed by atoms with van der Waals surface area (Å²) in [4.78, 5) is 2.61. The van der Waals surface area contributed by atoms with Gasteiger partial charge in [-0.2, -0.15) is 11.8 Å². The quantitative estimate of drug-likeness (QED) is 0.765. The zero-order valence-electron chi connectivity index (χ0n) is 9.00. The Kier molecular flexibility index (Phi) is 4.61. The molecule has 14 heavy (non-hydrogen) atoms. The van der Waals surface area contributed by atoms with Gasteiger partial charge in [0.15, 0.2) is 0 Å². The van der Waals surface area contributed by atoms with Gasteiger partial charge in [0.05, 0.1) is 0 Å². The number of rotatable bonds is 4. The second-order valence-electron chi connectivity index (χ2n) is 4.42. The Labute approximate surface area is 91.8 Å². The molecule has 0 bridgehead atoms. The Hall–Kier alpha value is 0.270. The smallest absolute Gasteiger partial charge is 0.0166 e. The lowest BCUT2D eigenvalue weighted by Crippen LogP contribution is -2.39. The van der Waals surface area contributed by atoms with Crippen LogP contribution in [0.3, 0.4) is 0 Å². The number of likely N-dealkylation sites (tertiary alicyclic amines) is 1. The SMILES string of the molecule is C1CCN(CCNC2CCSC2)CC1. The van der Waals surface area contributed by atoms with E-state index in [2.05, 4.69) is 22.0 Å². The summed E-state index contributed by atoms with van der Waals surface area (Å²) in [7, 11) is 0. The first-order chi connectivity index (χ1) is 6.95. The van der Waals surface area contributed by atoms with E-state index >= 15 is 0 Å². The summed E-state index contributed by atoms with van der Waals surface area (Å²) in [5, 5.41) is 3.67. The number of nitrogens with one attached hydrogen (secondary N) is 1. The number of nitrogens with zero attached hydrogens (tertiary/aromatic N) is 1. The van der Waals surface area contributed by atoms with Gasteiger partial charge in [0.1, 0.15) is 0 Å². The topological polar surface area (TPSA) is 15.3 Å². The fourth-order valence-electron chi connectivity index (χ4n) is 2.31. The van der Waals surface area contributed by atoms with Crippen LogP contribution in [0.25, 0.3) is 0 Å². The molecule has 0 saturated carbocycles. The molecule has 3 heteroatoms. The maximum absolute atomic E-state index is 3.67. The Balaban J connectivity index is 1.52. The molecule has 2 saturated heterocycles. The van der Waals surface area contributed by atoms with Gasteiger partial charge in [-0.25, -0.2) is 0 Å². The van der Waals surface area contributed by atoms with Crippen molar-refractivity contribution in [3.8, 4) is 0 Å². The van der Waals surface area contributed by atoms with Crippen molar-refractivity contribution in [2.24, 2.45) is 0 Å². The van der Waals surface area contributed by atoms with Crippen molar-refractivity contribution >= 4 is 11.8 Å². The summed E-state index contributed by atoms with van der Waals surface area (Å²) in [6.07, 6.45) is 5.66. The second kappa shape index (κ2) is 5.99. The summed E-state index contributed by atoms with van der Waals surface area (Å²) in [6, 6.07) is 0.810. The molecule has 1 N–H and O–H groups in total. The van der Waals surface area contributed by atoms with E-state index in [0.717, 1.165) is 6.04 Å². The predicted octanol–water partition coefficient (Wildman–Crippen LogP) is 1.57. The van der Waals surface area contributed by atoms with Crippen LogP contribution in [0.5, 0.6) is 0 Å². The molecular weight excluding hydrogens is 192 g/mol. The molecule has 0 aliphatic carbocycles. The second-order valence-corrected chi connectivity index (χ2v) is 5.57. The van der Waals surface area contributed by atoms with Gasteiger partial charge in [0.25, 0.3) is 0 Å². The monoisotopic (exact) mass is 214 g/mol.